The summed E-state index contributed by atoms with van der Waals surface area (Å²) in [5, 5.41) is 3.04. The van der Waals surface area contributed by atoms with Crippen molar-refractivity contribution in [2.24, 2.45) is 0 Å². The van der Waals surface area contributed by atoms with E-state index in [4.69, 9.17) is 0 Å². The Hall–Kier alpha value is -1.52. The Morgan fingerprint density at radius 2 is 2.06 bits per heavy atom. The van der Waals surface area contributed by atoms with E-state index in [1.54, 1.807) is 6.20 Å². The molecule has 0 aromatic carbocycles. The minimum absolute atomic E-state index is 0.0319. The van der Waals surface area contributed by atoms with Gasteiger partial charge in [0.2, 0.25) is 5.91 Å². The number of nitrogens with one attached hydrogen (secondary N) is 1. The molecule has 5 heteroatoms. The van der Waals surface area contributed by atoms with Gasteiger partial charge in [-0.1, -0.05) is 12.8 Å². The van der Waals surface area contributed by atoms with Gasteiger partial charge in [-0.2, -0.15) is 0 Å². The zero-order valence-electron chi connectivity index (χ0n) is 10.8. The van der Waals surface area contributed by atoms with E-state index in [1.807, 2.05) is 0 Å². The molecule has 100 valence electrons. The first-order chi connectivity index (χ1) is 8.70. The second kappa shape index (κ2) is 5.89. The molecule has 0 aromatic heterocycles. The quantitative estimate of drug-likeness (QED) is 0.815. The lowest BCUT2D eigenvalue weighted by Gasteiger charge is -2.24. The molecule has 0 radical (unpaired) electrons. The topological polar surface area (TPSA) is 58.6 Å². The van der Waals surface area contributed by atoms with E-state index in [0.29, 0.717) is 18.2 Å². The maximum atomic E-state index is 12.1. The first-order valence-electron chi connectivity index (χ1n) is 6.57. The Kier molecular flexibility index (Phi) is 4.23. The molecule has 1 aliphatic carbocycles. The van der Waals surface area contributed by atoms with Crippen LogP contribution in [-0.4, -0.2) is 36.6 Å². The van der Waals surface area contributed by atoms with Crippen molar-refractivity contribution in [1.29, 1.82) is 0 Å². The van der Waals surface area contributed by atoms with Crippen LogP contribution in [0, 0.1) is 0 Å². The van der Waals surface area contributed by atoms with Crippen molar-refractivity contribution in [3.8, 4) is 0 Å². The van der Waals surface area contributed by atoms with Gasteiger partial charge in [0.1, 0.15) is 0 Å². The van der Waals surface area contributed by atoms with Crippen LogP contribution in [0.4, 0.5) is 4.79 Å². The fraction of sp³-hybridized carbons (Fsp3) is 0.692. The molecule has 5 nitrogen and oxygen atoms in total. The first kappa shape index (κ1) is 12.9. The minimum Gasteiger partial charge on any atom is -0.452 e. The highest BCUT2D eigenvalue weighted by Gasteiger charge is 2.23. The Morgan fingerprint density at radius 1 is 1.33 bits per heavy atom. The molecule has 0 aromatic rings. The number of methoxy groups -OCH3 is 1. The third-order valence-corrected chi connectivity index (χ3v) is 3.55. The third kappa shape index (κ3) is 3.03. The Morgan fingerprint density at radius 3 is 2.72 bits per heavy atom. The van der Waals surface area contributed by atoms with Gasteiger partial charge in [-0.05, 0) is 25.7 Å². The molecule has 0 spiro atoms. The SMILES string of the molecule is COC(=O)N1C=C(C(=O)NC2CCCC2)CCC1. The van der Waals surface area contributed by atoms with Crippen LogP contribution in [0.3, 0.4) is 0 Å². The molecule has 0 bridgehead atoms. The normalized spacial score (nSPS) is 20.5. The fourth-order valence-corrected chi connectivity index (χ4v) is 2.54. The molecule has 1 fully saturated rings. The Bertz CT molecular complexity index is 359. The summed E-state index contributed by atoms with van der Waals surface area (Å²) in [6, 6.07) is 0.312. The maximum Gasteiger partial charge on any atom is 0.413 e. The lowest BCUT2D eigenvalue weighted by atomic mass is 10.1. The average molecular weight is 252 g/mol. The number of nitrogens with zero attached hydrogens (tertiary/aromatic N) is 1. The number of hydrogen-bond acceptors (Lipinski definition) is 3. The zero-order valence-corrected chi connectivity index (χ0v) is 10.8. The summed E-state index contributed by atoms with van der Waals surface area (Å²) in [5.41, 5.74) is 0.679. The predicted molar refractivity (Wildman–Crippen MR) is 66.8 cm³/mol. The van der Waals surface area contributed by atoms with Gasteiger partial charge in [-0.15, -0.1) is 0 Å². The first-order valence-corrected chi connectivity index (χ1v) is 6.57. The molecule has 2 aliphatic rings. The van der Waals surface area contributed by atoms with E-state index >= 15 is 0 Å². The number of hydrogen-bond donors (Lipinski definition) is 1. The average Bonchev–Trinajstić information content (AvgIpc) is 2.90. The van der Waals surface area contributed by atoms with Gasteiger partial charge in [0.15, 0.2) is 0 Å². The van der Waals surface area contributed by atoms with Crippen LogP contribution in [-0.2, 0) is 9.53 Å². The molecule has 1 saturated carbocycles. The van der Waals surface area contributed by atoms with Gasteiger partial charge in [0, 0.05) is 24.4 Å². The lowest BCUT2D eigenvalue weighted by molar-refractivity contribution is -0.118. The van der Waals surface area contributed by atoms with Gasteiger partial charge < -0.3 is 10.1 Å². The predicted octanol–water partition coefficient (Wildman–Crippen LogP) is 1.79. The van der Waals surface area contributed by atoms with Crippen LogP contribution < -0.4 is 5.32 Å². The van der Waals surface area contributed by atoms with Gasteiger partial charge in [0.25, 0.3) is 0 Å². The molecule has 0 saturated heterocycles. The summed E-state index contributed by atoms with van der Waals surface area (Å²) < 4.78 is 4.66. The number of carbonyl (C=O) groups is 2. The second-order valence-corrected chi connectivity index (χ2v) is 4.88. The lowest BCUT2D eigenvalue weighted by Crippen LogP contribution is -2.37. The number of ether oxygens (including phenoxy) is 1. The molecule has 2 amide bonds. The molecule has 2 rings (SSSR count). The third-order valence-electron chi connectivity index (χ3n) is 3.55. The highest BCUT2D eigenvalue weighted by Crippen LogP contribution is 2.20. The summed E-state index contributed by atoms with van der Waals surface area (Å²) in [5.74, 6) is -0.0319. The van der Waals surface area contributed by atoms with Crippen LogP contribution >= 0.6 is 0 Å². The Balaban J connectivity index is 1.95. The summed E-state index contributed by atoms with van der Waals surface area (Å²) in [6.45, 7) is 0.618. The highest BCUT2D eigenvalue weighted by atomic mass is 16.5. The smallest absolute Gasteiger partial charge is 0.413 e. The monoisotopic (exact) mass is 252 g/mol. The molecular weight excluding hydrogens is 232 g/mol. The van der Waals surface area contributed by atoms with Crippen molar-refractivity contribution in [1.82, 2.24) is 10.2 Å². The van der Waals surface area contributed by atoms with Crippen LogP contribution in [0.1, 0.15) is 38.5 Å². The van der Waals surface area contributed by atoms with Crippen molar-refractivity contribution in [3.05, 3.63) is 11.8 Å². The summed E-state index contributed by atoms with van der Waals surface area (Å²) in [6.07, 6.45) is 7.28. The van der Waals surface area contributed by atoms with Crippen molar-refractivity contribution in [2.75, 3.05) is 13.7 Å². The molecule has 18 heavy (non-hydrogen) atoms. The highest BCUT2D eigenvalue weighted by molar-refractivity contribution is 5.94. The minimum atomic E-state index is -0.402. The van der Waals surface area contributed by atoms with Gasteiger partial charge in [-0.25, -0.2) is 4.79 Å². The van der Waals surface area contributed by atoms with Crippen molar-refractivity contribution in [3.63, 3.8) is 0 Å². The molecule has 0 atom stereocenters. The molecule has 1 aliphatic heterocycles. The molecule has 0 unspecified atom stereocenters. The number of carbonyl (C=O) groups excluding carboxylic acids is 2. The summed E-state index contributed by atoms with van der Waals surface area (Å²) in [7, 11) is 1.35. The fourth-order valence-electron chi connectivity index (χ4n) is 2.54. The van der Waals surface area contributed by atoms with E-state index in [2.05, 4.69) is 10.1 Å². The maximum absolute atomic E-state index is 12.1. The van der Waals surface area contributed by atoms with Gasteiger partial charge in [-0.3, -0.25) is 9.69 Å². The Labute approximate surface area is 107 Å². The van der Waals surface area contributed by atoms with Crippen molar-refractivity contribution in [2.45, 2.75) is 44.6 Å². The van der Waals surface area contributed by atoms with Crippen LogP contribution in [0.25, 0.3) is 0 Å². The molecule has 1 N–H and O–H groups in total. The zero-order chi connectivity index (χ0) is 13.0. The van der Waals surface area contributed by atoms with E-state index < -0.39 is 6.09 Å². The van der Waals surface area contributed by atoms with E-state index in [0.717, 1.165) is 25.7 Å². The van der Waals surface area contributed by atoms with Crippen LogP contribution in [0.15, 0.2) is 11.8 Å². The standard InChI is InChI=1S/C13H20N2O3/c1-18-13(17)15-8-4-5-10(9-15)12(16)14-11-6-2-3-7-11/h9,11H,2-8H2,1H3,(H,14,16). The summed E-state index contributed by atoms with van der Waals surface area (Å²) in [4.78, 5) is 24.9. The molecule has 1 heterocycles. The summed E-state index contributed by atoms with van der Waals surface area (Å²) >= 11 is 0. The van der Waals surface area contributed by atoms with Gasteiger partial charge >= 0.3 is 6.09 Å². The van der Waals surface area contributed by atoms with Crippen molar-refractivity contribution < 1.29 is 14.3 Å². The second-order valence-electron chi connectivity index (χ2n) is 4.88. The van der Waals surface area contributed by atoms with E-state index in [9.17, 15) is 9.59 Å². The number of amides is 2. The molecular formula is C13H20N2O3. The number of rotatable bonds is 2. The van der Waals surface area contributed by atoms with E-state index in [-0.39, 0.29) is 5.91 Å². The largest absolute Gasteiger partial charge is 0.452 e. The van der Waals surface area contributed by atoms with Gasteiger partial charge in [0.05, 0.1) is 7.11 Å². The van der Waals surface area contributed by atoms with Crippen molar-refractivity contribution >= 4 is 12.0 Å². The van der Waals surface area contributed by atoms with Crippen LogP contribution in [0.5, 0.6) is 0 Å². The van der Waals surface area contributed by atoms with Crippen LogP contribution in [0.2, 0.25) is 0 Å². The van der Waals surface area contributed by atoms with E-state index in [1.165, 1.54) is 24.9 Å².